The van der Waals surface area contributed by atoms with E-state index in [2.05, 4.69) is 11.5 Å². The van der Waals surface area contributed by atoms with Gasteiger partial charge in [-0.05, 0) is 19.1 Å². The average molecular weight is 407 g/mol. The van der Waals surface area contributed by atoms with Crippen LogP contribution in [0.15, 0.2) is 36.9 Å². The molecule has 29 heavy (non-hydrogen) atoms. The topological polar surface area (TPSA) is 71.5 Å². The summed E-state index contributed by atoms with van der Waals surface area (Å²) in [5.74, 6) is -0.0272. The average Bonchev–Trinajstić information content (AvgIpc) is 2.71. The van der Waals surface area contributed by atoms with Gasteiger partial charge >= 0.3 is 0 Å². The molecule has 162 valence electrons. The van der Waals surface area contributed by atoms with E-state index in [0.29, 0.717) is 51.6 Å². The molecular weight excluding hydrogens is 372 g/mol. The maximum Gasteiger partial charge on any atom is 0.254 e. The van der Waals surface area contributed by atoms with Crippen molar-refractivity contribution in [3.05, 3.63) is 48.0 Å². The number of hydrogen-bond donors (Lipinski definition) is 1. The molecule has 2 rings (SSSR count). The number of methoxy groups -OCH3 is 1. The van der Waals surface area contributed by atoms with Crippen LogP contribution in [0, 0.1) is 6.92 Å². The normalized spacial score (nSPS) is 18.4. The zero-order valence-electron chi connectivity index (χ0n) is 17.6. The number of aliphatic hydroxyl groups is 1. The predicted molar refractivity (Wildman–Crippen MR) is 112 cm³/mol. The minimum absolute atomic E-state index is 0.0272. The zero-order chi connectivity index (χ0) is 21.1. The molecule has 1 aromatic rings. The van der Waals surface area contributed by atoms with E-state index in [0.717, 1.165) is 12.1 Å². The third-order valence-electron chi connectivity index (χ3n) is 4.81. The Kier molecular flexibility index (Phi) is 10.3. The lowest BCUT2D eigenvalue weighted by Gasteiger charge is -2.36. The van der Waals surface area contributed by atoms with Crippen molar-refractivity contribution in [2.45, 2.75) is 19.1 Å². The van der Waals surface area contributed by atoms with Crippen molar-refractivity contribution < 1.29 is 24.1 Å². The van der Waals surface area contributed by atoms with Crippen LogP contribution in [-0.4, -0.2) is 99.3 Å². The monoisotopic (exact) mass is 406 g/mol. The Bertz CT molecular complexity index is 622. The molecular formula is C22H34N2O5. The maximum absolute atomic E-state index is 13.0. The minimum atomic E-state index is -0.563. The second kappa shape index (κ2) is 12.7. The molecule has 0 aromatic heterocycles. The van der Waals surface area contributed by atoms with Crippen molar-refractivity contribution in [2.75, 3.05) is 66.3 Å². The molecule has 0 bridgehead atoms. The van der Waals surface area contributed by atoms with E-state index in [-0.39, 0.29) is 18.6 Å². The number of aryl methyl sites for hydroxylation is 1. The number of rotatable bonds is 12. The first kappa shape index (κ1) is 23.5. The van der Waals surface area contributed by atoms with E-state index in [1.165, 1.54) is 0 Å². The summed E-state index contributed by atoms with van der Waals surface area (Å²) in [6.45, 7) is 10.2. The van der Waals surface area contributed by atoms with Crippen LogP contribution in [-0.2, 0) is 14.2 Å². The van der Waals surface area contributed by atoms with Gasteiger partial charge in [0.05, 0.1) is 38.6 Å². The summed E-state index contributed by atoms with van der Waals surface area (Å²) < 4.78 is 16.4. The number of benzene rings is 1. The van der Waals surface area contributed by atoms with Crippen molar-refractivity contribution in [3.63, 3.8) is 0 Å². The van der Waals surface area contributed by atoms with Gasteiger partial charge in [-0.1, -0.05) is 23.8 Å². The van der Waals surface area contributed by atoms with Gasteiger partial charge in [-0.2, -0.15) is 0 Å². The first-order valence-electron chi connectivity index (χ1n) is 10.1. The summed E-state index contributed by atoms with van der Waals surface area (Å²) in [6, 6.07) is 7.59. The fraction of sp³-hybridized carbons (Fsp3) is 0.591. The highest BCUT2D eigenvalue weighted by Crippen LogP contribution is 2.12. The lowest BCUT2D eigenvalue weighted by molar-refractivity contribution is -0.0585. The Morgan fingerprint density at radius 1 is 1.45 bits per heavy atom. The molecule has 1 heterocycles. The predicted octanol–water partition coefficient (Wildman–Crippen LogP) is 1.35. The number of ether oxygens (including phenoxy) is 3. The molecule has 1 N–H and O–H groups in total. The third kappa shape index (κ3) is 8.24. The lowest BCUT2D eigenvalue weighted by atomic mass is 10.1. The number of morpholine rings is 1. The molecule has 1 aliphatic heterocycles. The molecule has 0 spiro atoms. The van der Waals surface area contributed by atoms with Crippen LogP contribution in [0.2, 0.25) is 0 Å². The van der Waals surface area contributed by atoms with Crippen LogP contribution in [0.5, 0.6) is 0 Å². The molecule has 1 fully saturated rings. The van der Waals surface area contributed by atoms with E-state index in [9.17, 15) is 9.90 Å². The van der Waals surface area contributed by atoms with Gasteiger partial charge in [0.25, 0.3) is 5.91 Å². The lowest BCUT2D eigenvalue weighted by Crippen LogP contribution is -2.51. The fourth-order valence-corrected chi connectivity index (χ4v) is 3.30. The minimum Gasteiger partial charge on any atom is -0.389 e. The molecule has 0 saturated carbocycles. The number of carbonyl (C=O) groups is 1. The molecule has 0 aliphatic carbocycles. The van der Waals surface area contributed by atoms with Crippen LogP contribution in [0.4, 0.5) is 0 Å². The van der Waals surface area contributed by atoms with Gasteiger partial charge in [0.15, 0.2) is 0 Å². The number of aliphatic hydroxyl groups excluding tert-OH is 1. The van der Waals surface area contributed by atoms with E-state index < -0.39 is 6.10 Å². The number of β-amino-alcohol motifs (C(OH)–C–C–N with tert-alkyl or cyclic N) is 1. The molecule has 1 aliphatic rings. The van der Waals surface area contributed by atoms with Crippen molar-refractivity contribution >= 4 is 5.91 Å². The van der Waals surface area contributed by atoms with Gasteiger partial charge in [-0.15, -0.1) is 6.58 Å². The summed E-state index contributed by atoms with van der Waals surface area (Å²) in [4.78, 5) is 16.9. The van der Waals surface area contributed by atoms with Crippen LogP contribution < -0.4 is 0 Å². The van der Waals surface area contributed by atoms with E-state index in [4.69, 9.17) is 14.2 Å². The van der Waals surface area contributed by atoms with Gasteiger partial charge in [0.2, 0.25) is 0 Å². The van der Waals surface area contributed by atoms with Crippen LogP contribution >= 0.6 is 0 Å². The number of amides is 1. The molecule has 1 amide bonds. The highest BCUT2D eigenvalue weighted by molar-refractivity contribution is 5.94. The Hall–Kier alpha value is -1.77. The molecule has 1 aromatic carbocycles. The highest BCUT2D eigenvalue weighted by Gasteiger charge is 2.26. The number of hydrogen-bond acceptors (Lipinski definition) is 6. The number of nitrogens with zero attached hydrogens (tertiary/aromatic N) is 2. The molecule has 0 unspecified atom stereocenters. The smallest absolute Gasteiger partial charge is 0.254 e. The van der Waals surface area contributed by atoms with E-state index >= 15 is 0 Å². The van der Waals surface area contributed by atoms with Crippen molar-refractivity contribution in [3.8, 4) is 0 Å². The zero-order valence-corrected chi connectivity index (χ0v) is 17.6. The Morgan fingerprint density at radius 2 is 2.21 bits per heavy atom. The first-order valence-corrected chi connectivity index (χ1v) is 10.1. The molecule has 0 radical (unpaired) electrons. The summed E-state index contributed by atoms with van der Waals surface area (Å²) in [7, 11) is 1.63. The van der Waals surface area contributed by atoms with Crippen molar-refractivity contribution in [2.24, 2.45) is 0 Å². The Balaban J connectivity index is 1.92. The third-order valence-corrected chi connectivity index (χ3v) is 4.81. The number of carbonyl (C=O) groups excluding carboxylic acids is 1. The van der Waals surface area contributed by atoms with Crippen LogP contribution in [0.3, 0.4) is 0 Å². The largest absolute Gasteiger partial charge is 0.389 e. The maximum atomic E-state index is 13.0. The SMILES string of the molecule is C=CCOC[C@H](O)CN1CCO[C@@H](CN(CCOC)C(=O)c2ccc(C)cc2)C1. The Labute approximate surface area is 173 Å². The van der Waals surface area contributed by atoms with Crippen molar-refractivity contribution in [1.82, 2.24) is 9.80 Å². The quantitative estimate of drug-likeness (QED) is 0.417. The van der Waals surface area contributed by atoms with Gasteiger partial charge in [-0.25, -0.2) is 0 Å². The summed E-state index contributed by atoms with van der Waals surface area (Å²) in [5.41, 5.74) is 1.78. The highest BCUT2D eigenvalue weighted by atomic mass is 16.5. The van der Waals surface area contributed by atoms with E-state index in [1.807, 2.05) is 31.2 Å². The molecule has 7 nitrogen and oxygen atoms in total. The van der Waals surface area contributed by atoms with Gasteiger partial charge < -0.3 is 24.2 Å². The molecule has 1 saturated heterocycles. The van der Waals surface area contributed by atoms with Crippen LogP contribution in [0.25, 0.3) is 0 Å². The van der Waals surface area contributed by atoms with Gasteiger partial charge in [0.1, 0.15) is 0 Å². The molecule has 7 heteroatoms. The fourth-order valence-electron chi connectivity index (χ4n) is 3.30. The van der Waals surface area contributed by atoms with Crippen molar-refractivity contribution in [1.29, 1.82) is 0 Å². The van der Waals surface area contributed by atoms with Crippen LogP contribution in [0.1, 0.15) is 15.9 Å². The summed E-state index contributed by atoms with van der Waals surface area (Å²) in [6.07, 6.45) is 0.987. The van der Waals surface area contributed by atoms with E-state index in [1.54, 1.807) is 18.1 Å². The van der Waals surface area contributed by atoms with Gasteiger partial charge in [0, 0.05) is 45.4 Å². The molecule has 2 atom stereocenters. The summed E-state index contributed by atoms with van der Waals surface area (Å²) >= 11 is 0. The standard InChI is InChI=1S/C22H34N2O5/c1-4-11-28-17-20(25)14-23-9-13-29-21(15-23)16-24(10-12-27-3)22(26)19-7-5-18(2)6-8-19/h4-8,20-21,25H,1,9-17H2,2-3H3/t20-,21-/m1/s1. The second-order valence-corrected chi connectivity index (χ2v) is 7.34. The van der Waals surface area contributed by atoms with Gasteiger partial charge in [-0.3, -0.25) is 9.69 Å². The second-order valence-electron chi connectivity index (χ2n) is 7.34. The Morgan fingerprint density at radius 3 is 2.90 bits per heavy atom. The first-order chi connectivity index (χ1) is 14.0. The summed E-state index contributed by atoms with van der Waals surface area (Å²) in [5, 5.41) is 10.1.